The van der Waals surface area contributed by atoms with Crippen molar-refractivity contribution in [2.75, 3.05) is 38.3 Å². The highest BCUT2D eigenvalue weighted by atomic mass is 32.1. The number of primary amides is 1. The maximum atomic E-state index is 14.1. The number of aromatic hydroxyl groups is 1. The summed E-state index contributed by atoms with van der Waals surface area (Å²) in [6, 6.07) is 0.824. The molecule has 7 unspecified atom stereocenters. The molecule has 2 fully saturated rings. The second-order valence-electron chi connectivity index (χ2n) is 11.7. The predicted molar refractivity (Wildman–Crippen MR) is 157 cm³/mol. The summed E-state index contributed by atoms with van der Waals surface area (Å²) in [5.74, 6) is -14.6. The van der Waals surface area contributed by atoms with Crippen LogP contribution < -0.4 is 11.1 Å². The Kier molecular flexibility index (Phi) is 8.93. The number of carbonyl (C=O) groups excluding carboxylic acids is 6. The van der Waals surface area contributed by atoms with Gasteiger partial charge in [-0.3, -0.25) is 38.6 Å². The first-order valence-electron chi connectivity index (χ1n) is 14.2. The number of Topliss-reactive ketones (excluding diaryl/α,β-unsaturated/α-hetero) is 4. The molecule has 6 N–H and O–H groups in total. The van der Waals surface area contributed by atoms with Crippen molar-refractivity contribution in [2.45, 2.75) is 50.5 Å². The van der Waals surface area contributed by atoms with E-state index in [1.807, 2.05) is 18.7 Å². The van der Waals surface area contributed by atoms with Crippen molar-refractivity contribution in [3.63, 3.8) is 0 Å². The summed E-state index contributed by atoms with van der Waals surface area (Å²) in [4.78, 5) is 83.2. The summed E-state index contributed by atoms with van der Waals surface area (Å²) in [5.41, 5.74) is 2.14. The van der Waals surface area contributed by atoms with Gasteiger partial charge in [0, 0.05) is 11.7 Å². The monoisotopic (exact) mass is 618 g/mol. The average Bonchev–Trinajstić information content (AvgIpc) is 2.94. The molecule has 2 amide bonds. The number of nitrogens with two attached hydrogens (primary N) is 1. The molecule has 234 valence electrons. The van der Waals surface area contributed by atoms with Crippen LogP contribution in [-0.4, -0.2) is 117 Å². The van der Waals surface area contributed by atoms with Crippen LogP contribution in [0.25, 0.3) is 0 Å². The van der Waals surface area contributed by atoms with Gasteiger partial charge in [-0.05, 0) is 44.7 Å². The van der Waals surface area contributed by atoms with Crippen LogP contribution in [0.5, 0.6) is 5.75 Å². The van der Waals surface area contributed by atoms with Gasteiger partial charge in [0.1, 0.15) is 5.75 Å². The van der Waals surface area contributed by atoms with Gasteiger partial charge in [0.15, 0.2) is 34.7 Å². The Morgan fingerprint density at radius 3 is 2.23 bits per heavy atom. The van der Waals surface area contributed by atoms with E-state index in [-0.39, 0.29) is 22.6 Å². The molecular formula is C29H38N4O9S. The number of hydrogen-bond donors (Lipinski definition) is 6. The van der Waals surface area contributed by atoms with Gasteiger partial charge in [-0.25, -0.2) is 0 Å². The van der Waals surface area contributed by atoms with Crippen molar-refractivity contribution in [3.8, 4) is 5.75 Å². The third-order valence-electron chi connectivity index (χ3n) is 9.48. The van der Waals surface area contributed by atoms with Gasteiger partial charge in [0.25, 0.3) is 0 Å². The molecule has 0 heterocycles. The Morgan fingerprint density at radius 2 is 1.72 bits per heavy atom. The van der Waals surface area contributed by atoms with E-state index in [0.29, 0.717) is 13.1 Å². The van der Waals surface area contributed by atoms with Crippen LogP contribution in [0.3, 0.4) is 0 Å². The molecule has 0 saturated heterocycles. The molecule has 1 aromatic rings. The summed E-state index contributed by atoms with van der Waals surface area (Å²) in [6.07, 6.45) is -1.72. The highest BCUT2D eigenvalue weighted by Gasteiger charge is 2.72. The fraction of sp³-hybridized carbons (Fsp3) is 0.586. The Labute approximate surface area is 254 Å². The standard InChI is InChI=1S/C29H38N4O9S/c1-6-33(7-2)14(10-43)28(41)31-13-9-8-12-11(3)15-17(22(35)16(12)21(13)34)25(38)29(42)19(23(15)36)20(32(4)5)24(37)18(26(29)39)27(30)40/h8-9,11,14-15,17-20,23,34,36,42-43H,6-7,10H2,1-5H3,(H2,30,40)(H,31,41)/t11?,14?,15?,17?,18?,19?,20-,23?,29-/m0/s1. The molecule has 13 nitrogen and oxygen atoms in total. The van der Waals surface area contributed by atoms with Crippen LogP contribution >= 0.6 is 12.6 Å². The lowest BCUT2D eigenvalue weighted by atomic mass is 9.49. The number of benzene rings is 1. The van der Waals surface area contributed by atoms with E-state index in [1.165, 1.54) is 31.1 Å². The first kappa shape index (κ1) is 32.7. The van der Waals surface area contributed by atoms with Gasteiger partial charge in [0.2, 0.25) is 11.8 Å². The minimum atomic E-state index is -3.08. The number of rotatable bonds is 8. The predicted octanol–water partition coefficient (Wildman–Crippen LogP) is -1.02. The molecule has 0 radical (unpaired) electrons. The number of likely N-dealkylation sites (N-methyl/N-ethyl adjacent to an activating group) is 2. The number of ketones is 4. The number of aliphatic hydroxyl groups is 2. The Bertz CT molecular complexity index is 1400. The number of anilines is 1. The van der Waals surface area contributed by atoms with Crippen LogP contribution in [0.4, 0.5) is 5.69 Å². The fourth-order valence-corrected chi connectivity index (χ4v) is 7.73. The van der Waals surface area contributed by atoms with Crippen LogP contribution in [0.15, 0.2) is 12.1 Å². The molecule has 4 rings (SSSR count). The molecule has 43 heavy (non-hydrogen) atoms. The van der Waals surface area contributed by atoms with Crippen molar-refractivity contribution >= 4 is 53.3 Å². The third-order valence-corrected chi connectivity index (χ3v) is 9.82. The summed E-state index contributed by atoms with van der Waals surface area (Å²) in [7, 11) is 2.86. The minimum absolute atomic E-state index is 0.0945. The molecular weight excluding hydrogens is 580 g/mol. The molecule has 2 saturated carbocycles. The van der Waals surface area contributed by atoms with Crippen molar-refractivity contribution in [2.24, 2.45) is 29.4 Å². The minimum Gasteiger partial charge on any atom is -0.505 e. The van der Waals surface area contributed by atoms with E-state index in [9.17, 15) is 44.1 Å². The topological polar surface area (TPSA) is 208 Å². The number of hydrogen-bond acceptors (Lipinski definition) is 12. The van der Waals surface area contributed by atoms with Crippen LogP contribution in [0.1, 0.15) is 42.6 Å². The number of nitrogens with zero attached hydrogens (tertiary/aromatic N) is 2. The largest absolute Gasteiger partial charge is 0.505 e. The molecule has 1 aromatic carbocycles. The number of phenols is 1. The number of phenolic OH excluding ortho intramolecular Hbond substituents is 1. The third kappa shape index (κ3) is 4.70. The van der Waals surface area contributed by atoms with E-state index < -0.39 is 94.1 Å². The van der Waals surface area contributed by atoms with Gasteiger partial charge in [-0.1, -0.05) is 26.8 Å². The average molecular weight is 619 g/mol. The lowest BCUT2D eigenvalue weighted by Gasteiger charge is -2.56. The number of thiol groups is 1. The highest BCUT2D eigenvalue weighted by molar-refractivity contribution is 7.80. The number of nitrogens with one attached hydrogen (secondary N) is 1. The normalized spacial score (nSPS) is 32.7. The lowest BCUT2D eigenvalue weighted by Crippen LogP contribution is -2.77. The second kappa shape index (κ2) is 11.7. The van der Waals surface area contributed by atoms with E-state index in [2.05, 4.69) is 17.9 Å². The molecule has 0 bridgehead atoms. The number of amides is 2. The zero-order valence-corrected chi connectivity index (χ0v) is 25.5. The first-order valence-corrected chi connectivity index (χ1v) is 14.8. The molecule has 9 atom stereocenters. The van der Waals surface area contributed by atoms with E-state index >= 15 is 0 Å². The number of carbonyl (C=O) groups is 6. The van der Waals surface area contributed by atoms with Gasteiger partial charge in [-0.15, -0.1) is 0 Å². The SMILES string of the molecule is CCN(CC)C(CS)C(=O)Nc1ccc2c(c1O)C(=O)C1C(=O)[C@]3(O)C(=O)C(C(N)=O)C(=O)[C@@H](N(C)C)C3C(O)C1C2C. The summed E-state index contributed by atoms with van der Waals surface area (Å²) in [6.45, 7) is 6.51. The first-order chi connectivity index (χ1) is 20.1. The van der Waals surface area contributed by atoms with Crippen molar-refractivity contribution in [1.29, 1.82) is 0 Å². The summed E-state index contributed by atoms with van der Waals surface area (Å²) < 4.78 is 0. The van der Waals surface area contributed by atoms with Gasteiger partial charge in [0.05, 0.1) is 41.3 Å². The zero-order chi connectivity index (χ0) is 32.3. The quantitative estimate of drug-likeness (QED) is 0.118. The second-order valence-corrected chi connectivity index (χ2v) is 12.1. The van der Waals surface area contributed by atoms with Crippen LogP contribution in [-0.2, 0) is 24.0 Å². The molecule has 14 heteroatoms. The van der Waals surface area contributed by atoms with Crippen molar-refractivity contribution < 1.29 is 44.1 Å². The zero-order valence-electron chi connectivity index (χ0n) is 24.6. The molecule has 0 aliphatic heterocycles. The maximum absolute atomic E-state index is 14.1. The van der Waals surface area contributed by atoms with Crippen LogP contribution in [0.2, 0.25) is 0 Å². The molecule has 0 aromatic heterocycles. The molecule has 3 aliphatic carbocycles. The fourth-order valence-electron chi connectivity index (χ4n) is 7.33. The van der Waals surface area contributed by atoms with Crippen molar-refractivity contribution in [3.05, 3.63) is 23.3 Å². The highest BCUT2D eigenvalue weighted by Crippen LogP contribution is 2.55. The van der Waals surface area contributed by atoms with E-state index in [0.717, 1.165) is 0 Å². The van der Waals surface area contributed by atoms with Crippen LogP contribution in [0, 0.1) is 23.7 Å². The van der Waals surface area contributed by atoms with E-state index in [1.54, 1.807) is 6.92 Å². The van der Waals surface area contributed by atoms with Gasteiger partial charge < -0.3 is 26.4 Å². The molecule has 0 spiro atoms. The maximum Gasteiger partial charge on any atom is 0.242 e. The Balaban J connectivity index is 1.82. The lowest BCUT2D eigenvalue weighted by molar-refractivity contribution is -0.196. The number of fused-ring (bicyclic) bond motifs is 3. The number of aliphatic hydroxyl groups excluding tert-OH is 1. The van der Waals surface area contributed by atoms with E-state index in [4.69, 9.17) is 5.73 Å². The Hall–Kier alpha value is -3.17. The summed E-state index contributed by atoms with van der Waals surface area (Å²) in [5, 5.41) is 37.3. The van der Waals surface area contributed by atoms with Gasteiger partial charge in [-0.2, -0.15) is 12.6 Å². The molecule has 3 aliphatic rings. The Morgan fingerprint density at radius 1 is 1.12 bits per heavy atom. The van der Waals surface area contributed by atoms with Crippen molar-refractivity contribution in [1.82, 2.24) is 9.80 Å². The summed E-state index contributed by atoms with van der Waals surface area (Å²) >= 11 is 4.28. The smallest absolute Gasteiger partial charge is 0.242 e. The van der Waals surface area contributed by atoms with Gasteiger partial charge >= 0.3 is 0 Å².